The summed E-state index contributed by atoms with van der Waals surface area (Å²) in [7, 11) is 1.85. The average Bonchev–Trinajstić information content (AvgIpc) is 2.63. The number of nitrogens with zero attached hydrogens (tertiary/aromatic N) is 3. The molecule has 0 bridgehead atoms. The highest BCUT2D eigenvalue weighted by molar-refractivity contribution is 5.38. The summed E-state index contributed by atoms with van der Waals surface area (Å²) in [4.78, 5) is 2.74. The largest absolute Gasteiger partial charge is 0.384 e. The van der Waals surface area contributed by atoms with Gasteiger partial charge in [-0.05, 0) is 70.0 Å². The van der Waals surface area contributed by atoms with Crippen LogP contribution in [-0.2, 0) is 4.74 Å². The SMILES string of the molecule is COC1CCC(N2CCC(CCNc3ccnnc3)CC2)CC1. The van der Waals surface area contributed by atoms with Crippen LogP contribution in [-0.4, -0.2) is 54.0 Å². The quantitative estimate of drug-likeness (QED) is 0.874. The van der Waals surface area contributed by atoms with E-state index >= 15 is 0 Å². The van der Waals surface area contributed by atoms with Gasteiger partial charge in [-0.25, -0.2) is 0 Å². The molecule has 0 aromatic carbocycles. The molecule has 1 saturated carbocycles. The molecule has 128 valence electrons. The molecule has 3 rings (SSSR count). The number of hydrogen-bond acceptors (Lipinski definition) is 5. The lowest BCUT2D eigenvalue weighted by Crippen LogP contribution is -2.44. The van der Waals surface area contributed by atoms with Crippen molar-refractivity contribution < 1.29 is 4.74 Å². The summed E-state index contributed by atoms with van der Waals surface area (Å²) >= 11 is 0. The van der Waals surface area contributed by atoms with E-state index in [0.29, 0.717) is 6.10 Å². The Morgan fingerprint density at radius 3 is 2.57 bits per heavy atom. The number of aromatic nitrogens is 2. The minimum Gasteiger partial charge on any atom is -0.384 e. The maximum Gasteiger partial charge on any atom is 0.0727 e. The summed E-state index contributed by atoms with van der Waals surface area (Å²) in [5.74, 6) is 0.865. The van der Waals surface area contributed by atoms with Gasteiger partial charge < -0.3 is 15.0 Å². The topological polar surface area (TPSA) is 50.3 Å². The van der Waals surface area contributed by atoms with Crippen molar-refractivity contribution in [1.82, 2.24) is 15.1 Å². The van der Waals surface area contributed by atoms with Crippen LogP contribution in [0.15, 0.2) is 18.5 Å². The first-order chi connectivity index (χ1) is 11.3. The smallest absolute Gasteiger partial charge is 0.0727 e. The maximum absolute atomic E-state index is 5.49. The predicted octanol–water partition coefficient (Wildman–Crippen LogP) is 2.95. The first-order valence-corrected chi connectivity index (χ1v) is 9.12. The molecule has 1 saturated heterocycles. The van der Waals surface area contributed by atoms with Crippen LogP contribution >= 0.6 is 0 Å². The van der Waals surface area contributed by atoms with Crippen LogP contribution in [0.4, 0.5) is 5.69 Å². The van der Waals surface area contributed by atoms with Crippen molar-refractivity contribution in [2.24, 2.45) is 5.92 Å². The molecule has 1 N–H and O–H groups in total. The van der Waals surface area contributed by atoms with Crippen LogP contribution in [0.25, 0.3) is 0 Å². The molecule has 0 atom stereocenters. The molecular weight excluding hydrogens is 288 g/mol. The number of nitrogens with one attached hydrogen (secondary N) is 1. The molecule has 0 unspecified atom stereocenters. The number of anilines is 1. The van der Waals surface area contributed by atoms with E-state index in [0.717, 1.165) is 24.2 Å². The molecule has 0 radical (unpaired) electrons. The predicted molar refractivity (Wildman–Crippen MR) is 92.5 cm³/mol. The minimum atomic E-state index is 0.512. The van der Waals surface area contributed by atoms with Crippen LogP contribution in [0.2, 0.25) is 0 Å². The Kier molecular flexibility index (Phi) is 6.22. The van der Waals surface area contributed by atoms with Crippen LogP contribution in [0.3, 0.4) is 0 Å². The van der Waals surface area contributed by atoms with Crippen molar-refractivity contribution in [3.05, 3.63) is 18.5 Å². The lowest BCUT2D eigenvalue weighted by Gasteiger charge is -2.40. The van der Waals surface area contributed by atoms with E-state index < -0.39 is 0 Å². The molecule has 2 fully saturated rings. The Morgan fingerprint density at radius 1 is 1.13 bits per heavy atom. The second kappa shape index (κ2) is 8.60. The third kappa shape index (κ3) is 4.88. The molecule has 2 heterocycles. The van der Waals surface area contributed by atoms with Gasteiger partial charge >= 0.3 is 0 Å². The van der Waals surface area contributed by atoms with Crippen molar-refractivity contribution in [3.63, 3.8) is 0 Å². The second-order valence-electron chi connectivity index (χ2n) is 6.99. The third-order valence-corrected chi connectivity index (χ3v) is 5.61. The summed E-state index contributed by atoms with van der Waals surface area (Å²) in [5, 5.41) is 11.1. The van der Waals surface area contributed by atoms with Crippen LogP contribution in [0, 0.1) is 5.92 Å². The summed E-state index contributed by atoms with van der Waals surface area (Å²) in [5.41, 5.74) is 1.08. The molecule has 1 aliphatic heterocycles. The van der Waals surface area contributed by atoms with Crippen LogP contribution < -0.4 is 5.32 Å². The maximum atomic E-state index is 5.49. The number of piperidine rings is 1. The summed E-state index contributed by atoms with van der Waals surface area (Å²) in [6, 6.07) is 2.79. The number of rotatable bonds is 6. The van der Waals surface area contributed by atoms with Gasteiger partial charge in [0.25, 0.3) is 0 Å². The highest BCUT2D eigenvalue weighted by atomic mass is 16.5. The van der Waals surface area contributed by atoms with Gasteiger partial charge in [-0.15, -0.1) is 0 Å². The highest BCUT2D eigenvalue weighted by Gasteiger charge is 2.28. The van der Waals surface area contributed by atoms with Gasteiger partial charge in [-0.1, -0.05) is 0 Å². The number of ether oxygens (including phenoxy) is 1. The number of likely N-dealkylation sites (tertiary alicyclic amines) is 1. The van der Waals surface area contributed by atoms with E-state index in [2.05, 4.69) is 20.4 Å². The Balaban J connectivity index is 1.32. The van der Waals surface area contributed by atoms with Gasteiger partial charge in [0.15, 0.2) is 0 Å². The molecule has 23 heavy (non-hydrogen) atoms. The van der Waals surface area contributed by atoms with Crippen LogP contribution in [0.5, 0.6) is 0 Å². The molecular formula is C18H30N4O. The molecule has 5 nitrogen and oxygen atoms in total. The average molecular weight is 318 g/mol. The van der Waals surface area contributed by atoms with Gasteiger partial charge in [-0.3, -0.25) is 0 Å². The zero-order chi connectivity index (χ0) is 15.9. The Morgan fingerprint density at radius 2 is 1.91 bits per heavy atom. The molecule has 0 amide bonds. The second-order valence-corrected chi connectivity index (χ2v) is 6.99. The summed E-state index contributed by atoms with van der Waals surface area (Å²) in [6.07, 6.45) is 13.1. The Labute approximate surface area is 139 Å². The van der Waals surface area contributed by atoms with Crippen molar-refractivity contribution in [2.45, 2.75) is 57.1 Å². The fraction of sp³-hybridized carbons (Fsp3) is 0.778. The van der Waals surface area contributed by atoms with Gasteiger partial charge in [0, 0.05) is 19.7 Å². The fourth-order valence-corrected chi connectivity index (χ4v) is 4.07. The van der Waals surface area contributed by atoms with E-state index in [1.54, 1.807) is 12.4 Å². The minimum absolute atomic E-state index is 0.512. The molecule has 1 aromatic heterocycles. The summed E-state index contributed by atoms with van der Waals surface area (Å²) in [6.45, 7) is 3.60. The Bertz CT molecular complexity index is 440. The van der Waals surface area contributed by atoms with Gasteiger partial charge in [0.1, 0.15) is 0 Å². The van der Waals surface area contributed by atoms with Crippen LogP contribution in [0.1, 0.15) is 44.9 Å². The highest BCUT2D eigenvalue weighted by Crippen LogP contribution is 2.29. The molecule has 1 aromatic rings. The first kappa shape index (κ1) is 16.7. The zero-order valence-electron chi connectivity index (χ0n) is 14.3. The lowest BCUT2D eigenvalue weighted by molar-refractivity contribution is 0.0287. The van der Waals surface area contributed by atoms with Gasteiger partial charge in [0.2, 0.25) is 0 Å². The van der Waals surface area contributed by atoms with E-state index in [1.807, 2.05) is 13.2 Å². The van der Waals surface area contributed by atoms with Crippen molar-refractivity contribution >= 4 is 5.69 Å². The molecule has 0 spiro atoms. The van der Waals surface area contributed by atoms with Gasteiger partial charge in [-0.2, -0.15) is 10.2 Å². The van der Waals surface area contributed by atoms with E-state index in [-0.39, 0.29) is 0 Å². The number of methoxy groups -OCH3 is 1. The Hall–Kier alpha value is -1.20. The first-order valence-electron chi connectivity index (χ1n) is 9.12. The van der Waals surface area contributed by atoms with E-state index in [9.17, 15) is 0 Å². The molecule has 2 aliphatic rings. The molecule has 1 aliphatic carbocycles. The van der Waals surface area contributed by atoms with Crippen molar-refractivity contribution in [1.29, 1.82) is 0 Å². The lowest BCUT2D eigenvalue weighted by atomic mass is 9.88. The summed E-state index contributed by atoms with van der Waals surface area (Å²) < 4.78 is 5.49. The monoisotopic (exact) mass is 318 g/mol. The third-order valence-electron chi connectivity index (χ3n) is 5.61. The fourth-order valence-electron chi connectivity index (χ4n) is 4.07. The zero-order valence-corrected chi connectivity index (χ0v) is 14.3. The van der Waals surface area contributed by atoms with E-state index in [4.69, 9.17) is 4.74 Å². The number of hydrogen-bond donors (Lipinski definition) is 1. The van der Waals surface area contributed by atoms with Crippen molar-refractivity contribution in [3.8, 4) is 0 Å². The standard InChI is InChI=1S/C18H30N4O/c1-23-18-4-2-17(3-5-18)22-12-8-15(9-13-22)6-10-19-16-7-11-20-21-14-16/h7,11,14-15,17-18H,2-6,8-10,12-13H2,1H3,(H,19,20). The van der Waals surface area contributed by atoms with Crippen molar-refractivity contribution in [2.75, 3.05) is 32.1 Å². The van der Waals surface area contributed by atoms with E-state index in [1.165, 1.54) is 58.0 Å². The van der Waals surface area contributed by atoms with Gasteiger partial charge in [0.05, 0.1) is 24.2 Å². The molecule has 5 heteroatoms. The normalized spacial score (nSPS) is 27.0.